The van der Waals surface area contributed by atoms with Gasteiger partial charge in [0.05, 0.1) is 0 Å². The van der Waals surface area contributed by atoms with Gasteiger partial charge in [-0.1, -0.05) is 26.0 Å². The molecule has 0 aliphatic carbocycles. The van der Waals surface area contributed by atoms with Crippen LogP contribution in [0.2, 0.25) is 0 Å². The summed E-state index contributed by atoms with van der Waals surface area (Å²) >= 11 is 1.58. The Morgan fingerprint density at radius 1 is 0.760 bits per heavy atom. The molecule has 0 amide bonds. The zero-order valence-electron chi connectivity index (χ0n) is 15.0. The van der Waals surface area contributed by atoms with Crippen molar-refractivity contribution < 1.29 is 23.3 Å². The molecule has 0 N–H and O–H groups in total. The fourth-order valence-corrected chi connectivity index (χ4v) is 2.14. The van der Waals surface area contributed by atoms with Gasteiger partial charge in [0.15, 0.2) is 0 Å². The number of rotatable bonds is 0. The third kappa shape index (κ3) is 9.35. The summed E-state index contributed by atoms with van der Waals surface area (Å²) in [5.41, 5.74) is 0. The van der Waals surface area contributed by atoms with Crippen LogP contribution in [0.15, 0.2) is 84.9 Å². The van der Waals surface area contributed by atoms with Crippen LogP contribution < -0.4 is 0 Å². The van der Waals surface area contributed by atoms with Crippen molar-refractivity contribution in [3.63, 3.8) is 0 Å². The molecular weight excluding hydrogens is 419 g/mol. The number of fused-ring (bicyclic) bond motifs is 2. The van der Waals surface area contributed by atoms with E-state index in [1.165, 1.54) is 21.5 Å². The van der Waals surface area contributed by atoms with Crippen LogP contribution >= 0.6 is 12.4 Å². The van der Waals surface area contributed by atoms with E-state index in [9.17, 15) is 0 Å². The quantitative estimate of drug-likeness (QED) is 0.227. The molecule has 0 saturated carbocycles. The minimum atomic E-state index is 0. The maximum atomic E-state index is 3.64. The minimum absolute atomic E-state index is 0. The molecule has 0 spiro atoms. The average molecular weight is 445 g/mol. The minimum Gasteiger partial charge on any atom is -0.168 e. The van der Waals surface area contributed by atoms with E-state index in [1.807, 2.05) is 6.88 Å². The van der Waals surface area contributed by atoms with E-state index in [2.05, 4.69) is 106 Å². The zero-order valence-corrected chi connectivity index (χ0v) is 19.7. The van der Waals surface area contributed by atoms with Crippen molar-refractivity contribution in [1.82, 2.24) is 0 Å². The van der Waals surface area contributed by atoms with Gasteiger partial charge < -0.3 is 6.92 Å². The van der Waals surface area contributed by atoms with Crippen LogP contribution in [-0.2, 0) is 23.3 Å². The molecule has 4 aromatic carbocycles. The molecule has 0 bridgehead atoms. The van der Waals surface area contributed by atoms with E-state index in [0.717, 1.165) is 0 Å². The summed E-state index contributed by atoms with van der Waals surface area (Å²) in [6.07, 6.45) is 0. The molecule has 0 aromatic heterocycles. The molecule has 0 radical (unpaired) electrons. The Labute approximate surface area is 175 Å². The summed E-state index contributed by atoms with van der Waals surface area (Å²) in [6.45, 7) is 9.70. The van der Waals surface area contributed by atoms with Gasteiger partial charge in [-0.05, 0) is 0 Å². The molecule has 4 rings (SSSR count). The molecular formula is C22H26ClSiZr-3. The topological polar surface area (TPSA) is 0 Å². The average Bonchev–Trinajstić information content (AvgIpc) is 3.26. The molecule has 4 aromatic rings. The second-order valence-corrected chi connectivity index (χ2v) is 5.70. The van der Waals surface area contributed by atoms with Crippen LogP contribution in [0.3, 0.4) is 0 Å². The first-order valence-corrected chi connectivity index (χ1v) is 14.0. The Kier molecular flexibility index (Phi) is 13.7. The molecule has 0 unspecified atom stereocenters. The molecule has 0 aliphatic heterocycles. The molecule has 25 heavy (non-hydrogen) atoms. The van der Waals surface area contributed by atoms with Gasteiger partial charge in [0.1, 0.15) is 0 Å². The smallest absolute Gasteiger partial charge is 0.0809 e. The Bertz CT molecular complexity index is 688. The van der Waals surface area contributed by atoms with Gasteiger partial charge in [-0.25, -0.2) is 0 Å². The van der Waals surface area contributed by atoms with Crippen molar-refractivity contribution in [3.8, 4) is 0 Å². The monoisotopic (exact) mass is 443 g/mol. The van der Waals surface area contributed by atoms with Crippen LogP contribution in [0, 0.1) is 12.8 Å². The Hall–Kier alpha value is -0.950. The normalized spacial score (nSPS) is 8.92. The van der Waals surface area contributed by atoms with Crippen molar-refractivity contribution in [3.05, 3.63) is 91.9 Å². The van der Waals surface area contributed by atoms with Crippen LogP contribution in [0.25, 0.3) is 21.5 Å². The summed E-state index contributed by atoms with van der Waals surface area (Å²) in [4.78, 5) is 0. The largest absolute Gasteiger partial charge is 0.168 e. The van der Waals surface area contributed by atoms with E-state index in [0.29, 0.717) is 5.92 Å². The maximum Gasteiger partial charge on any atom is -0.0809 e. The predicted molar refractivity (Wildman–Crippen MR) is 115 cm³/mol. The van der Waals surface area contributed by atoms with E-state index in [4.69, 9.17) is 0 Å². The Morgan fingerprint density at radius 2 is 1.08 bits per heavy atom. The molecule has 132 valence electrons. The fraction of sp³-hybridized carbons (Fsp3) is 0.136. The van der Waals surface area contributed by atoms with Gasteiger partial charge in [0.25, 0.3) is 0 Å². The molecule has 0 heterocycles. The molecule has 0 atom stereocenters. The van der Waals surface area contributed by atoms with E-state index < -0.39 is 0 Å². The first kappa shape index (κ1) is 24.1. The number of hydrogen-bond acceptors (Lipinski definition) is 0. The third-order valence-electron chi connectivity index (χ3n) is 3.10. The maximum absolute atomic E-state index is 3.64. The zero-order chi connectivity index (χ0) is 17.8. The molecule has 0 saturated heterocycles. The molecule has 0 aliphatic rings. The number of benzene rings is 2. The van der Waals surface area contributed by atoms with Crippen LogP contribution in [0.1, 0.15) is 13.8 Å². The van der Waals surface area contributed by atoms with Crippen molar-refractivity contribution in [2.45, 2.75) is 13.8 Å². The van der Waals surface area contributed by atoms with Crippen molar-refractivity contribution >= 4 is 40.8 Å². The Morgan fingerprint density at radius 3 is 1.40 bits per heavy atom. The molecule has 3 heteroatoms. The van der Waals surface area contributed by atoms with E-state index >= 15 is 0 Å². The first-order valence-electron chi connectivity index (χ1n) is 8.06. The Balaban J connectivity index is 0.000000345. The van der Waals surface area contributed by atoms with Crippen LogP contribution in [-0.4, -0.2) is 6.88 Å². The van der Waals surface area contributed by atoms with Crippen molar-refractivity contribution in [2.24, 2.45) is 5.92 Å². The van der Waals surface area contributed by atoms with Crippen molar-refractivity contribution in [2.75, 3.05) is 0 Å². The van der Waals surface area contributed by atoms with Gasteiger partial charge in [-0.3, -0.25) is 0 Å². The second-order valence-electron chi connectivity index (χ2n) is 5.70. The first-order chi connectivity index (χ1) is 11.7. The van der Waals surface area contributed by atoms with Gasteiger partial charge in [0, 0.05) is 0 Å². The van der Waals surface area contributed by atoms with Gasteiger partial charge in [0.2, 0.25) is 0 Å². The van der Waals surface area contributed by atoms with Gasteiger partial charge >= 0.3 is 30.2 Å². The fourth-order valence-electron chi connectivity index (χ4n) is 2.14. The summed E-state index contributed by atoms with van der Waals surface area (Å²) in [6, 6.07) is 29.3. The summed E-state index contributed by atoms with van der Waals surface area (Å²) in [5, 5.41) is 5.32. The van der Waals surface area contributed by atoms with Gasteiger partial charge in [-0.15, -0.1) is 71.7 Å². The van der Waals surface area contributed by atoms with Crippen LogP contribution in [0.5, 0.6) is 0 Å². The van der Waals surface area contributed by atoms with E-state index in [-0.39, 0.29) is 12.4 Å². The van der Waals surface area contributed by atoms with Crippen molar-refractivity contribution in [1.29, 1.82) is 0 Å². The number of hydrogen-bond donors (Lipinski definition) is 0. The van der Waals surface area contributed by atoms with Gasteiger partial charge in [-0.2, -0.15) is 41.0 Å². The summed E-state index contributed by atoms with van der Waals surface area (Å²) in [7, 11) is 0. The van der Waals surface area contributed by atoms with Crippen LogP contribution in [0.4, 0.5) is 0 Å². The second kappa shape index (κ2) is 14.2. The standard InChI is InChI=1S/2C9H7.C4H9.ClH.H2Si.Zr/c2*1-2-5-9-7-3-6-8(9)4-1;1-4(2)3;;;/h2*1-7H;4H,1H2,2-3H3;1H;1H2;/q3*-1;;;. The molecule has 0 fully saturated rings. The number of halogens is 1. The van der Waals surface area contributed by atoms with E-state index in [1.54, 1.807) is 23.3 Å². The summed E-state index contributed by atoms with van der Waals surface area (Å²) < 4.78 is 0. The SMILES string of the molecule is Cl.[CH2-]C(C)C.[SiH2]=[Zr].c1ccc2[cH-]ccc2c1.c1ccc2[cH-]ccc2c1. The predicted octanol–water partition coefficient (Wildman–Crippen LogP) is 6.10. The third-order valence-corrected chi connectivity index (χ3v) is 3.10. The molecule has 0 nitrogen and oxygen atoms in total. The summed E-state index contributed by atoms with van der Waals surface area (Å²) in [5.74, 6) is 0.583.